The lowest BCUT2D eigenvalue weighted by Gasteiger charge is -2.16. The highest BCUT2D eigenvalue weighted by Crippen LogP contribution is 2.07. The molecule has 0 unspecified atom stereocenters. The van der Waals surface area contributed by atoms with Crippen LogP contribution in [0.2, 0.25) is 0 Å². The summed E-state index contributed by atoms with van der Waals surface area (Å²) in [5, 5.41) is 13.2. The maximum absolute atomic E-state index is 10.8. The van der Waals surface area contributed by atoms with Gasteiger partial charge in [0.2, 0.25) is 0 Å². The third-order valence-electron chi connectivity index (χ3n) is 1.85. The van der Waals surface area contributed by atoms with E-state index >= 15 is 0 Å². The van der Waals surface area contributed by atoms with E-state index in [9.17, 15) is 4.79 Å². The first-order chi connectivity index (χ1) is 6.63. The smallest absolute Gasteiger partial charge is 0.349 e. The van der Waals surface area contributed by atoms with Crippen LogP contribution in [0.4, 0.5) is 0 Å². The Kier molecular flexibility index (Phi) is 6.26. The maximum atomic E-state index is 10.8. The predicted octanol–water partition coefficient (Wildman–Crippen LogP) is 0.726. The molecule has 0 bridgehead atoms. The van der Waals surface area contributed by atoms with E-state index < -0.39 is 12.0 Å². The molecule has 0 aromatic heterocycles. The average molecular weight is 201 g/mol. The zero-order valence-corrected chi connectivity index (χ0v) is 8.13. The van der Waals surface area contributed by atoms with Crippen LogP contribution in [0, 0.1) is 0 Å². The van der Waals surface area contributed by atoms with Crippen molar-refractivity contribution >= 4 is 5.97 Å². The van der Waals surface area contributed by atoms with Gasteiger partial charge in [0, 0.05) is 0 Å². The summed E-state index contributed by atoms with van der Waals surface area (Å²) in [6, 6.07) is -0.766. The number of rotatable bonds is 7. The van der Waals surface area contributed by atoms with Crippen molar-refractivity contribution < 1.29 is 9.90 Å². The molecule has 0 aliphatic heterocycles. The van der Waals surface area contributed by atoms with Gasteiger partial charge in [0.15, 0.2) is 6.04 Å². The van der Waals surface area contributed by atoms with E-state index in [1.165, 1.54) is 7.05 Å². The lowest BCUT2D eigenvalue weighted by Crippen LogP contribution is -2.34. The van der Waals surface area contributed by atoms with Crippen molar-refractivity contribution in [1.82, 2.24) is 5.01 Å². The number of carboxylic acid groups (broad SMARTS) is 1. The minimum absolute atomic E-state index is 0.433. The lowest BCUT2D eigenvalue weighted by molar-refractivity contribution is -0.143. The third kappa shape index (κ3) is 4.54. The Morgan fingerprint density at radius 3 is 2.79 bits per heavy atom. The molecule has 7 heteroatoms. The summed E-state index contributed by atoms with van der Waals surface area (Å²) in [5.41, 5.74) is 13.4. The molecular weight excluding hydrogens is 186 g/mol. The summed E-state index contributed by atoms with van der Waals surface area (Å²) in [4.78, 5) is 13.3. The second kappa shape index (κ2) is 6.99. The van der Waals surface area contributed by atoms with Crippen LogP contribution in [0.3, 0.4) is 0 Å². The second-order valence-corrected chi connectivity index (χ2v) is 2.89. The van der Waals surface area contributed by atoms with Gasteiger partial charge in [-0.15, -0.1) is 5.53 Å². The van der Waals surface area contributed by atoms with Gasteiger partial charge in [0.1, 0.15) is 0 Å². The van der Waals surface area contributed by atoms with Crippen LogP contribution in [0.15, 0.2) is 5.22 Å². The van der Waals surface area contributed by atoms with E-state index in [1.54, 1.807) is 0 Å². The second-order valence-electron chi connectivity index (χ2n) is 2.89. The molecule has 0 rings (SSSR count). The van der Waals surface area contributed by atoms with Crippen molar-refractivity contribution in [1.29, 1.82) is 0 Å². The summed E-state index contributed by atoms with van der Waals surface area (Å²) in [7, 11) is 1.45. The molecule has 14 heavy (non-hydrogen) atoms. The van der Waals surface area contributed by atoms with Crippen LogP contribution in [0.1, 0.15) is 19.3 Å². The average Bonchev–Trinajstić information content (AvgIpc) is 2.12. The number of carboxylic acids is 1. The molecule has 0 radical (unpaired) electrons. The monoisotopic (exact) mass is 201 g/mol. The van der Waals surface area contributed by atoms with Gasteiger partial charge in [0.25, 0.3) is 0 Å². The molecule has 0 saturated heterocycles. The van der Waals surface area contributed by atoms with Crippen molar-refractivity contribution in [2.24, 2.45) is 11.0 Å². The Bertz CT molecular complexity index is 226. The van der Waals surface area contributed by atoms with Crippen molar-refractivity contribution in [3.8, 4) is 0 Å². The summed E-state index contributed by atoms with van der Waals surface area (Å²) in [5.74, 6) is -0.989. The zero-order valence-electron chi connectivity index (χ0n) is 8.13. The first-order valence-corrected chi connectivity index (χ1v) is 4.34. The molecule has 0 saturated carbocycles. The normalized spacial score (nSPS) is 11.6. The highest BCUT2D eigenvalue weighted by Gasteiger charge is 2.24. The summed E-state index contributed by atoms with van der Waals surface area (Å²) < 4.78 is 0. The number of likely N-dealkylation sites (N-methyl/N-ethyl adjacent to an activating group) is 1. The number of nitrogens with two attached hydrogens (primary N) is 1. The number of azide groups is 1. The maximum Gasteiger partial charge on any atom is 0.349 e. The van der Waals surface area contributed by atoms with Crippen LogP contribution in [-0.4, -0.2) is 35.7 Å². The van der Waals surface area contributed by atoms with Crippen LogP contribution in [-0.2, 0) is 4.79 Å². The molecule has 0 aromatic rings. The quantitative estimate of drug-likeness (QED) is 0.207. The molecule has 1 atom stereocenters. The number of nitrogens with zero attached hydrogens (tertiary/aromatic N) is 4. The topological polar surface area (TPSA) is 115 Å². The molecular formula is C7H15N5O2. The lowest BCUT2D eigenvalue weighted by atomic mass is 10.1. The van der Waals surface area contributed by atoms with E-state index in [1.807, 2.05) is 0 Å². The van der Waals surface area contributed by atoms with Crippen molar-refractivity contribution in [3.05, 3.63) is 10.4 Å². The highest BCUT2D eigenvalue weighted by atomic mass is 16.4. The minimum Gasteiger partial charge on any atom is -0.478 e. The van der Waals surface area contributed by atoms with Crippen LogP contribution in [0.25, 0.3) is 10.4 Å². The van der Waals surface area contributed by atoms with Gasteiger partial charge in [0.05, 0.1) is 7.05 Å². The third-order valence-corrected chi connectivity index (χ3v) is 1.85. The van der Waals surface area contributed by atoms with Gasteiger partial charge >= 0.3 is 5.97 Å². The Morgan fingerprint density at radius 2 is 2.36 bits per heavy atom. The van der Waals surface area contributed by atoms with Crippen LogP contribution in [0.5, 0.6) is 0 Å². The summed E-state index contributed by atoms with van der Waals surface area (Å²) >= 11 is 0. The number of unbranched alkanes of at least 4 members (excludes halogenated alkanes) is 1. The SMILES string of the molecule is CN(N=[N+]=[N-])[C@H](CCCCN)C(=O)O. The molecule has 80 valence electrons. The molecule has 0 amide bonds. The summed E-state index contributed by atoms with van der Waals surface area (Å²) in [6.07, 6.45) is 1.91. The van der Waals surface area contributed by atoms with Crippen molar-refractivity contribution in [3.63, 3.8) is 0 Å². The number of carbonyl (C=O) groups is 1. The van der Waals surface area contributed by atoms with Gasteiger partial charge in [-0.3, -0.25) is 0 Å². The highest BCUT2D eigenvalue weighted by molar-refractivity contribution is 5.73. The van der Waals surface area contributed by atoms with Gasteiger partial charge in [-0.1, -0.05) is 0 Å². The van der Waals surface area contributed by atoms with Gasteiger partial charge in [-0.25, -0.2) is 9.80 Å². The molecule has 7 nitrogen and oxygen atoms in total. The fraction of sp³-hybridized carbons (Fsp3) is 0.857. The molecule has 0 aromatic carbocycles. The molecule has 0 heterocycles. The number of hydrogen-bond acceptors (Lipinski definition) is 3. The van der Waals surface area contributed by atoms with Gasteiger partial charge in [-0.2, -0.15) is 4.91 Å². The van der Waals surface area contributed by atoms with E-state index in [0.717, 1.165) is 11.4 Å². The minimum atomic E-state index is -0.989. The molecule has 0 spiro atoms. The van der Waals surface area contributed by atoms with Gasteiger partial charge in [-0.05, 0) is 31.0 Å². The van der Waals surface area contributed by atoms with Gasteiger partial charge < -0.3 is 10.8 Å². The van der Waals surface area contributed by atoms with E-state index in [0.29, 0.717) is 19.4 Å². The summed E-state index contributed by atoms with van der Waals surface area (Å²) in [6.45, 7) is 0.539. The molecule has 3 N–H and O–H groups in total. The fourth-order valence-electron chi connectivity index (χ4n) is 1.08. The Labute approximate surface area is 82.1 Å². The number of aliphatic carboxylic acids is 1. The standard InChI is InChI=1S/C7H15N5O2/c1-12(11-10-9)6(7(13)14)4-2-3-5-8/h6H,2-5,8H2,1H3,(H,13,14)/t6-/m1/s1. The van der Waals surface area contributed by atoms with E-state index in [4.69, 9.17) is 16.4 Å². The van der Waals surface area contributed by atoms with Crippen LogP contribution < -0.4 is 5.73 Å². The zero-order chi connectivity index (χ0) is 11.0. The fourth-order valence-corrected chi connectivity index (χ4v) is 1.08. The van der Waals surface area contributed by atoms with Crippen molar-refractivity contribution in [2.45, 2.75) is 25.3 Å². The molecule has 0 fully saturated rings. The van der Waals surface area contributed by atoms with E-state index in [-0.39, 0.29) is 0 Å². The Balaban J connectivity index is 4.14. The first kappa shape index (κ1) is 12.5. The molecule has 0 aliphatic rings. The van der Waals surface area contributed by atoms with E-state index in [2.05, 4.69) is 10.1 Å². The molecule has 0 aliphatic carbocycles. The Morgan fingerprint density at radius 1 is 1.71 bits per heavy atom. The predicted molar refractivity (Wildman–Crippen MR) is 51.2 cm³/mol. The first-order valence-electron chi connectivity index (χ1n) is 4.34. The number of hydrogen-bond donors (Lipinski definition) is 2. The van der Waals surface area contributed by atoms with Crippen molar-refractivity contribution in [2.75, 3.05) is 13.6 Å². The Hall–Kier alpha value is -1.46. The van der Waals surface area contributed by atoms with Crippen LogP contribution >= 0.6 is 0 Å². The largest absolute Gasteiger partial charge is 0.478 e.